The van der Waals surface area contributed by atoms with Gasteiger partial charge in [-0.25, -0.2) is 0 Å². The zero-order chi connectivity index (χ0) is 23.3. The molecule has 1 atom stereocenters. The number of methoxy groups -OCH3 is 1. The number of ketones is 1. The average molecular weight is 439 g/mol. The van der Waals surface area contributed by atoms with Crippen molar-refractivity contribution in [2.24, 2.45) is 0 Å². The lowest BCUT2D eigenvalue weighted by Crippen LogP contribution is -2.32. The predicted octanol–water partition coefficient (Wildman–Crippen LogP) is 3.08. The van der Waals surface area contributed by atoms with Crippen molar-refractivity contribution >= 4 is 23.4 Å². The largest absolute Gasteiger partial charge is 0.507 e. The molecule has 1 heterocycles. The van der Waals surface area contributed by atoms with Gasteiger partial charge in [-0.2, -0.15) is 0 Å². The fourth-order valence-corrected chi connectivity index (χ4v) is 3.56. The van der Waals surface area contributed by atoms with Crippen LogP contribution in [0.15, 0.2) is 54.1 Å². The molecule has 1 aliphatic heterocycles. The number of amides is 1. The van der Waals surface area contributed by atoms with Crippen molar-refractivity contribution in [3.8, 4) is 11.5 Å². The van der Waals surface area contributed by atoms with E-state index in [-0.39, 0.29) is 24.5 Å². The lowest BCUT2D eigenvalue weighted by atomic mass is 9.95. The third-order valence-corrected chi connectivity index (χ3v) is 4.97. The number of likely N-dealkylation sites (tertiary alicyclic amines) is 1. The van der Waals surface area contributed by atoms with E-state index < -0.39 is 23.7 Å². The fourth-order valence-electron chi connectivity index (χ4n) is 3.56. The summed E-state index contributed by atoms with van der Waals surface area (Å²) in [7, 11) is 1.50. The van der Waals surface area contributed by atoms with Crippen LogP contribution < -0.4 is 9.47 Å². The predicted molar refractivity (Wildman–Crippen MR) is 116 cm³/mol. The zero-order valence-corrected chi connectivity index (χ0v) is 18.2. The van der Waals surface area contributed by atoms with E-state index in [1.165, 1.54) is 18.9 Å². The summed E-state index contributed by atoms with van der Waals surface area (Å²) in [6, 6.07) is 12.3. The second-order valence-corrected chi connectivity index (χ2v) is 7.11. The quantitative estimate of drug-likeness (QED) is 0.222. The lowest BCUT2D eigenvalue weighted by molar-refractivity contribution is -0.140. The minimum atomic E-state index is -0.817. The summed E-state index contributed by atoms with van der Waals surface area (Å²) in [4.78, 5) is 38.3. The van der Waals surface area contributed by atoms with E-state index in [9.17, 15) is 19.5 Å². The molecule has 8 nitrogen and oxygen atoms in total. The van der Waals surface area contributed by atoms with Gasteiger partial charge in [-0.3, -0.25) is 14.4 Å². The first-order chi connectivity index (χ1) is 15.4. The molecule has 3 rings (SSSR count). The Bertz CT molecular complexity index is 1030. The Kier molecular flexibility index (Phi) is 7.27. The number of benzene rings is 2. The summed E-state index contributed by atoms with van der Waals surface area (Å²) < 4.78 is 15.6. The monoisotopic (exact) mass is 439 g/mol. The number of hydrogen-bond acceptors (Lipinski definition) is 7. The Morgan fingerprint density at radius 1 is 1.03 bits per heavy atom. The molecule has 0 aromatic heterocycles. The Morgan fingerprint density at radius 3 is 2.22 bits per heavy atom. The molecular formula is C24H25NO7. The highest BCUT2D eigenvalue weighted by molar-refractivity contribution is 6.46. The molecule has 2 aromatic carbocycles. The maximum absolute atomic E-state index is 12.9. The minimum absolute atomic E-state index is 0.0181. The van der Waals surface area contributed by atoms with E-state index in [2.05, 4.69) is 0 Å². The summed E-state index contributed by atoms with van der Waals surface area (Å²) in [6.45, 7) is 4.04. The van der Waals surface area contributed by atoms with Crippen LogP contribution in [-0.2, 0) is 19.1 Å². The SMILES string of the molecule is CCOc1ccc(/C(O)=C2/C(=O)C(=O)N(CCOC)C2c2ccc(OC(C)=O)cc2)cc1. The van der Waals surface area contributed by atoms with Gasteiger partial charge in [0.25, 0.3) is 11.7 Å². The third kappa shape index (κ3) is 4.81. The van der Waals surface area contributed by atoms with Gasteiger partial charge >= 0.3 is 5.97 Å². The second kappa shape index (κ2) is 10.1. The number of aliphatic hydroxyl groups excluding tert-OH is 1. The standard InChI is InChI=1S/C24H25NO7/c1-4-31-18-9-7-17(8-10-18)22(27)20-21(25(13-14-30-3)24(29)23(20)28)16-5-11-19(12-6-16)32-15(2)26/h5-12,21,27H,4,13-14H2,1-3H3/b22-20-. The summed E-state index contributed by atoms with van der Waals surface area (Å²) in [5, 5.41) is 11.0. The Morgan fingerprint density at radius 2 is 1.66 bits per heavy atom. The highest BCUT2D eigenvalue weighted by atomic mass is 16.5. The summed E-state index contributed by atoms with van der Waals surface area (Å²) in [5.41, 5.74) is 0.957. The van der Waals surface area contributed by atoms with Gasteiger partial charge < -0.3 is 24.2 Å². The molecule has 1 saturated heterocycles. The molecule has 168 valence electrons. The smallest absolute Gasteiger partial charge is 0.308 e. The van der Waals surface area contributed by atoms with Gasteiger partial charge in [-0.05, 0) is 48.9 Å². The number of carbonyl (C=O) groups excluding carboxylic acids is 3. The topological polar surface area (TPSA) is 102 Å². The third-order valence-electron chi connectivity index (χ3n) is 4.97. The average Bonchev–Trinajstić information content (AvgIpc) is 3.03. The summed E-state index contributed by atoms with van der Waals surface area (Å²) in [5.74, 6) is -1.27. The van der Waals surface area contributed by atoms with Crippen molar-refractivity contribution in [3.63, 3.8) is 0 Å². The minimum Gasteiger partial charge on any atom is -0.507 e. The molecular weight excluding hydrogens is 414 g/mol. The van der Waals surface area contributed by atoms with Crippen LogP contribution >= 0.6 is 0 Å². The van der Waals surface area contributed by atoms with Crippen LogP contribution in [0.25, 0.3) is 5.76 Å². The van der Waals surface area contributed by atoms with Crippen molar-refractivity contribution in [1.29, 1.82) is 0 Å². The number of hydrogen-bond donors (Lipinski definition) is 1. The molecule has 0 aliphatic carbocycles. The van der Waals surface area contributed by atoms with E-state index in [4.69, 9.17) is 14.2 Å². The summed E-state index contributed by atoms with van der Waals surface area (Å²) >= 11 is 0. The molecule has 0 radical (unpaired) electrons. The number of Topliss-reactive ketones (excluding diaryl/α,β-unsaturated/α-hetero) is 1. The lowest BCUT2D eigenvalue weighted by Gasteiger charge is -2.25. The first-order valence-corrected chi connectivity index (χ1v) is 10.2. The zero-order valence-electron chi connectivity index (χ0n) is 18.2. The molecule has 0 saturated carbocycles. The van der Waals surface area contributed by atoms with Gasteiger partial charge in [0.05, 0.1) is 24.8 Å². The van der Waals surface area contributed by atoms with E-state index in [0.29, 0.717) is 29.2 Å². The Hall–Kier alpha value is -3.65. The van der Waals surface area contributed by atoms with Crippen LogP contribution in [0.3, 0.4) is 0 Å². The molecule has 2 aromatic rings. The number of esters is 1. The number of nitrogens with zero attached hydrogens (tertiary/aromatic N) is 1. The van der Waals surface area contributed by atoms with Crippen LogP contribution in [0.1, 0.15) is 31.0 Å². The highest BCUT2D eigenvalue weighted by Crippen LogP contribution is 2.39. The Labute approximate surface area is 186 Å². The van der Waals surface area contributed by atoms with E-state index in [1.54, 1.807) is 48.5 Å². The summed E-state index contributed by atoms with van der Waals surface area (Å²) in [6.07, 6.45) is 0. The molecule has 1 N–H and O–H groups in total. The van der Waals surface area contributed by atoms with Crippen molar-refractivity contribution in [1.82, 2.24) is 4.90 Å². The van der Waals surface area contributed by atoms with Gasteiger partial charge in [0.1, 0.15) is 17.3 Å². The van der Waals surface area contributed by atoms with E-state index in [1.807, 2.05) is 6.92 Å². The number of rotatable bonds is 8. The van der Waals surface area contributed by atoms with Gasteiger partial charge in [-0.15, -0.1) is 0 Å². The van der Waals surface area contributed by atoms with E-state index in [0.717, 1.165) is 0 Å². The van der Waals surface area contributed by atoms with Crippen LogP contribution in [0.5, 0.6) is 11.5 Å². The molecule has 8 heteroatoms. The van der Waals surface area contributed by atoms with Crippen LogP contribution in [0.4, 0.5) is 0 Å². The molecule has 1 unspecified atom stereocenters. The van der Waals surface area contributed by atoms with Crippen molar-refractivity contribution in [2.75, 3.05) is 26.9 Å². The first-order valence-electron chi connectivity index (χ1n) is 10.2. The molecule has 0 spiro atoms. The van der Waals surface area contributed by atoms with Crippen LogP contribution in [-0.4, -0.2) is 54.5 Å². The normalized spacial score (nSPS) is 17.5. The second-order valence-electron chi connectivity index (χ2n) is 7.11. The van der Waals surface area contributed by atoms with Gasteiger partial charge in [0, 0.05) is 26.1 Å². The molecule has 1 aliphatic rings. The fraction of sp³-hybridized carbons (Fsp3) is 0.292. The number of ether oxygens (including phenoxy) is 3. The highest BCUT2D eigenvalue weighted by Gasteiger charge is 2.45. The van der Waals surface area contributed by atoms with Crippen molar-refractivity contribution in [3.05, 3.63) is 65.2 Å². The van der Waals surface area contributed by atoms with Gasteiger partial charge in [0.2, 0.25) is 0 Å². The van der Waals surface area contributed by atoms with Crippen LogP contribution in [0.2, 0.25) is 0 Å². The molecule has 0 bridgehead atoms. The maximum atomic E-state index is 12.9. The maximum Gasteiger partial charge on any atom is 0.308 e. The number of carbonyl (C=O) groups is 3. The molecule has 1 fully saturated rings. The van der Waals surface area contributed by atoms with Crippen molar-refractivity contribution < 1.29 is 33.7 Å². The number of aliphatic hydroxyl groups is 1. The van der Waals surface area contributed by atoms with E-state index >= 15 is 0 Å². The molecule has 32 heavy (non-hydrogen) atoms. The van der Waals surface area contributed by atoms with Crippen LogP contribution in [0, 0.1) is 0 Å². The first kappa shape index (κ1) is 23.0. The molecule has 1 amide bonds. The Balaban J connectivity index is 2.06. The van der Waals surface area contributed by atoms with Gasteiger partial charge in [-0.1, -0.05) is 12.1 Å². The van der Waals surface area contributed by atoms with Gasteiger partial charge in [0.15, 0.2) is 0 Å². The van der Waals surface area contributed by atoms with Crippen molar-refractivity contribution in [2.45, 2.75) is 19.9 Å².